The molecule has 4 nitrogen and oxygen atoms in total. The van der Waals surface area contributed by atoms with E-state index in [-0.39, 0.29) is 5.91 Å². The average molecular weight is 450 g/mol. The largest absolute Gasteiger partial charge is 0.457 e. The van der Waals surface area contributed by atoms with Gasteiger partial charge in [-0.15, -0.1) is 0 Å². The molecule has 0 aliphatic heterocycles. The van der Waals surface area contributed by atoms with Crippen LogP contribution >= 0.6 is 23.2 Å². The van der Waals surface area contributed by atoms with Gasteiger partial charge < -0.3 is 14.5 Å². The van der Waals surface area contributed by atoms with Gasteiger partial charge in [0.2, 0.25) is 5.91 Å². The van der Waals surface area contributed by atoms with Crippen molar-refractivity contribution in [2.75, 3.05) is 5.32 Å². The first kappa shape index (κ1) is 20.8. The Bertz CT molecular complexity index is 1200. The lowest BCUT2D eigenvalue weighted by molar-refractivity contribution is -0.111. The quantitative estimate of drug-likeness (QED) is 0.306. The number of carbonyl (C=O) groups excluding carboxylic acids is 1. The van der Waals surface area contributed by atoms with Crippen molar-refractivity contribution in [1.82, 2.24) is 0 Å². The van der Waals surface area contributed by atoms with E-state index in [1.807, 2.05) is 18.2 Å². The number of amides is 1. The molecule has 4 rings (SSSR count). The summed E-state index contributed by atoms with van der Waals surface area (Å²) in [5.74, 6) is 2.34. The highest BCUT2D eigenvalue weighted by Crippen LogP contribution is 2.25. The molecule has 0 aliphatic rings. The van der Waals surface area contributed by atoms with E-state index in [1.165, 1.54) is 6.08 Å². The number of nitrogens with one attached hydrogen (secondary N) is 1. The van der Waals surface area contributed by atoms with E-state index in [1.54, 1.807) is 72.8 Å². The average Bonchev–Trinajstić information content (AvgIpc) is 3.25. The predicted octanol–water partition coefficient (Wildman–Crippen LogP) is 7.70. The number of rotatable bonds is 6. The van der Waals surface area contributed by atoms with Crippen molar-refractivity contribution in [2.24, 2.45) is 0 Å². The van der Waals surface area contributed by atoms with Crippen LogP contribution in [0.25, 0.3) is 17.4 Å². The second-order valence-corrected chi connectivity index (χ2v) is 7.48. The van der Waals surface area contributed by atoms with Gasteiger partial charge in [-0.3, -0.25) is 4.79 Å². The summed E-state index contributed by atoms with van der Waals surface area (Å²) in [6.45, 7) is 0. The SMILES string of the molecule is O=C(C=Cc1ccc(-c2ccc(Cl)cc2)o1)Nc1ccc(Oc2ccc(Cl)cc2)cc1. The minimum absolute atomic E-state index is 0.268. The first-order chi connectivity index (χ1) is 15.0. The van der Waals surface area contributed by atoms with Gasteiger partial charge >= 0.3 is 0 Å². The second kappa shape index (κ2) is 9.56. The number of ether oxygens (including phenoxy) is 1. The van der Waals surface area contributed by atoms with Gasteiger partial charge in [-0.1, -0.05) is 23.2 Å². The van der Waals surface area contributed by atoms with E-state index in [0.29, 0.717) is 38.8 Å². The van der Waals surface area contributed by atoms with Gasteiger partial charge in [0, 0.05) is 27.4 Å². The molecule has 4 aromatic rings. The minimum atomic E-state index is -0.268. The fourth-order valence-electron chi connectivity index (χ4n) is 2.80. The summed E-state index contributed by atoms with van der Waals surface area (Å²) in [5.41, 5.74) is 1.56. The Balaban J connectivity index is 1.33. The molecule has 154 valence electrons. The molecule has 1 heterocycles. The molecule has 0 saturated heterocycles. The molecule has 31 heavy (non-hydrogen) atoms. The molecule has 6 heteroatoms. The van der Waals surface area contributed by atoms with Gasteiger partial charge in [-0.25, -0.2) is 0 Å². The van der Waals surface area contributed by atoms with Crippen molar-refractivity contribution in [2.45, 2.75) is 0 Å². The Morgan fingerprint density at radius 2 is 1.35 bits per heavy atom. The van der Waals surface area contributed by atoms with E-state index in [2.05, 4.69) is 5.32 Å². The van der Waals surface area contributed by atoms with Gasteiger partial charge in [0.15, 0.2) is 0 Å². The number of hydrogen-bond donors (Lipinski definition) is 1. The zero-order valence-corrected chi connectivity index (χ0v) is 17.7. The summed E-state index contributed by atoms with van der Waals surface area (Å²) < 4.78 is 11.5. The van der Waals surface area contributed by atoms with E-state index in [0.717, 1.165) is 5.56 Å². The topological polar surface area (TPSA) is 51.5 Å². The molecule has 1 amide bonds. The van der Waals surface area contributed by atoms with Crippen LogP contribution < -0.4 is 10.1 Å². The van der Waals surface area contributed by atoms with Crippen LogP contribution in [0, 0.1) is 0 Å². The molecular weight excluding hydrogens is 433 g/mol. The molecule has 0 bridgehead atoms. The lowest BCUT2D eigenvalue weighted by atomic mass is 10.2. The Morgan fingerprint density at radius 1 is 0.774 bits per heavy atom. The van der Waals surface area contributed by atoms with Gasteiger partial charge in [0.05, 0.1) is 0 Å². The van der Waals surface area contributed by atoms with Crippen LogP contribution in [0.5, 0.6) is 11.5 Å². The Morgan fingerprint density at radius 3 is 2.00 bits per heavy atom. The molecule has 0 unspecified atom stereocenters. The third-order valence-electron chi connectivity index (χ3n) is 4.33. The summed E-state index contributed by atoms with van der Waals surface area (Å²) in [7, 11) is 0. The summed E-state index contributed by atoms with van der Waals surface area (Å²) in [6, 6.07) is 25.2. The normalized spacial score (nSPS) is 10.9. The summed E-state index contributed by atoms with van der Waals surface area (Å²) in [5, 5.41) is 4.11. The molecule has 0 saturated carbocycles. The van der Waals surface area contributed by atoms with Crippen molar-refractivity contribution in [3.63, 3.8) is 0 Å². The molecule has 1 N–H and O–H groups in total. The van der Waals surface area contributed by atoms with Crippen LogP contribution in [0.2, 0.25) is 10.0 Å². The molecule has 0 fully saturated rings. The van der Waals surface area contributed by atoms with Gasteiger partial charge in [0.25, 0.3) is 0 Å². The number of halogens is 2. The molecule has 0 atom stereocenters. The van der Waals surface area contributed by atoms with Crippen LogP contribution in [-0.4, -0.2) is 5.91 Å². The zero-order chi connectivity index (χ0) is 21.6. The number of benzene rings is 3. The molecular formula is C25H17Cl2NO3. The van der Waals surface area contributed by atoms with E-state index in [4.69, 9.17) is 32.4 Å². The van der Waals surface area contributed by atoms with Gasteiger partial charge in [0.1, 0.15) is 23.0 Å². The highest BCUT2D eigenvalue weighted by molar-refractivity contribution is 6.30. The van der Waals surface area contributed by atoms with E-state index >= 15 is 0 Å². The maximum atomic E-state index is 12.2. The van der Waals surface area contributed by atoms with Crippen LogP contribution in [0.3, 0.4) is 0 Å². The van der Waals surface area contributed by atoms with Crippen molar-refractivity contribution in [3.05, 3.63) is 107 Å². The number of carbonyl (C=O) groups is 1. The maximum absolute atomic E-state index is 12.2. The fraction of sp³-hybridized carbons (Fsp3) is 0. The Labute approximate surface area is 189 Å². The smallest absolute Gasteiger partial charge is 0.248 e. The van der Waals surface area contributed by atoms with Crippen molar-refractivity contribution in [1.29, 1.82) is 0 Å². The van der Waals surface area contributed by atoms with Crippen molar-refractivity contribution in [3.8, 4) is 22.8 Å². The first-order valence-corrected chi connectivity index (χ1v) is 10.2. The lowest BCUT2D eigenvalue weighted by Crippen LogP contribution is -2.07. The molecule has 0 radical (unpaired) electrons. The van der Waals surface area contributed by atoms with Crippen LogP contribution in [0.4, 0.5) is 5.69 Å². The van der Waals surface area contributed by atoms with Gasteiger partial charge in [-0.2, -0.15) is 0 Å². The molecule has 1 aromatic heterocycles. The van der Waals surface area contributed by atoms with Crippen LogP contribution in [-0.2, 0) is 4.79 Å². The molecule has 0 spiro atoms. The maximum Gasteiger partial charge on any atom is 0.248 e. The van der Waals surface area contributed by atoms with Crippen molar-refractivity contribution >= 4 is 40.9 Å². The number of hydrogen-bond acceptors (Lipinski definition) is 3. The standard InChI is InChI=1S/C25H17Cl2NO3/c26-18-3-1-17(2-4-18)24-15-13-23(31-24)14-16-25(29)28-20-7-11-22(12-8-20)30-21-9-5-19(27)6-10-21/h1-16H,(H,28,29). The zero-order valence-electron chi connectivity index (χ0n) is 16.2. The van der Waals surface area contributed by atoms with Crippen molar-refractivity contribution < 1.29 is 13.9 Å². The third kappa shape index (κ3) is 5.79. The predicted molar refractivity (Wildman–Crippen MR) is 125 cm³/mol. The lowest BCUT2D eigenvalue weighted by Gasteiger charge is -2.07. The second-order valence-electron chi connectivity index (χ2n) is 6.61. The van der Waals surface area contributed by atoms with Crippen LogP contribution in [0.1, 0.15) is 5.76 Å². The first-order valence-electron chi connectivity index (χ1n) is 9.43. The monoisotopic (exact) mass is 449 g/mol. The molecule has 3 aromatic carbocycles. The minimum Gasteiger partial charge on any atom is -0.457 e. The Kier molecular flexibility index (Phi) is 6.41. The van der Waals surface area contributed by atoms with Gasteiger partial charge in [-0.05, 0) is 91.0 Å². The fourth-order valence-corrected chi connectivity index (χ4v) is 3.05. The Hall–Kier alpha value is -3.47. The summed E-state index contributed by atoms with van der Waals surface area (Å²) in [4.78, 5) is 12.2. The van der Waals surface area contributed by atoms with E-state index < -0.39 is 0 Å². The van der Waals surface area contributed by atoms with E-state index in [9.17, 15) is 4.79 Å². The van der Waals surface area contributed by atoms with Crippen LogP contribution in [0.15, 0.2) is 95.4 Å². The summed E-state index contributed by atoms with van der Waals surface area (Å²) >= 11 is 11.8. The number of anilines is 1. The molecule has 0 aliphatic carbocycles. The summed E-state index contributed by atoms with van der Waals surface area (Å²) in [6.07, 6.45) is 3.04. The highest BCUT2D eigenvalue weighted by Gasteiger charge is 2.04. The third-order valence-corrected chi connectivity index (χ3v) is 4.83. The number of furan rings is 1. The highest BCUT2D eigenvalue weighted by atomic mass is 35.5.